The van der Waals surface area contributed by atoms with Gasteiger partial charge in [-0.2, -0.15) is 0 Å². The first kappa shape index (κ1) is 12.5. The van der Waals surface area contributed by atoms with Crippen molar-refractivity contribution >= 4 is 34.2 Å². The van der Waals surface area contributed by atoms with Gasteiger partial charge in [0.1, 0.15) is 5.75 Å². The number of hydrogen-bond acceptors (Lipinski definition) is 2. The minimum Gasteiger partial charge on any atom is -0.493 e. The summed E-state index contributed by atoms with van der Waals surface area (Å²) >= 11 is 2.23. The van der Waals surface area contributed by atoms with Crippen molar-refractivity contribution in [3.63, 3.8) is 0 Å². The standard InChI is InChI=1S/C15H12INO2/c16-12-2-4-13(5-3-12)17-15(18)11-1-6-14-10(9-11)7-8-19-14/h1-6,9H,7-8H2,(H,17,18). The highest BCUT2D eigenvalue weighted by Gasteiger charge is 2.15. The number of halogens is 1. The maximum absolute atomic E-state index is 12.1. The lowest BCUT2D eigenvalue weighted by atomic mass is 10.1. The molecule has 1 aliphatic rings. The van der Waals surface area contributed by atoms with Crippen LogP contribution in [0.15, 0.2) is 42.5 Å². The van der Waals surface area contributed by atoms with Crippen LogP contribution in [-0.4, -0.2) is 12.5 Å². The van der Waals surface area contributed by atoms with Gasteiger partial charge in [-0.1, -0.05) is 0 Å². The molecule has 96 valence electrons. The third-order valence-electron chi connectivity index (χ3n) is 3.05. The van der Waals surface area contributed by atoms with Gasteiger partial charge in [0.25, 0.3) is 5.91 Å². The Hall–Kier alpha value is -1.56. The van der Waals surface area contributed by atoms with Crippen molar-refractivity contribution in [3.05, 3.63) is 57.2 Å². The first-order valence-electron chi connectivity index (χ1n) is 6.05. The minimum absolute atomic E-state index is 0.0871. The second kappa shape index (κ2) is 5.21. The number of hydrogen-bond donors (Lipinski definition) is 1. The largest absolute Gasteiger partial charge is 0.493 e. The molecule has 0 radical (unpaired) electrons. The van der Waals surface area contributed by atoms with E-state index < -0.39 is 0 Å². The second-order valence-electron chi connectivity index (χ2n) is 4.38. The van der Waals surface area contributed by atoms with Crippen molar-refractivity contribution in [2.24, 2.45) is 0 Å². The van der Waals surface area contributed by atoms with Gasteiger partial charge in [0.15, 0.2) is 0 Å². The van der Waals surface area contributed by atoms with Gasteiger partial charge in [-0.3, -0.25) is 4.79 Å². The summed E-state index contributed by atoms with van der Waals surface area (Å²) in [5, 5.41) is 2.89. The number of carbonyl (C=O) groups is 1. The molecule has 2 aromatic rings. The summed E-state index contributed by atoms with van der Waals surface area (Å²) in [7, 11) is 0. The summed E-state index contributed by atoms with van der Waals surface area (Å²) in [5.41, 5.74) is 2.58. The molecule has 4 heteroatoms. The van der Waals surface area contributed by atoms with Gasteiger partial charge in [0.2, 0.25) is 0 Å². The van der Waals surface area contributed by atoms with Crippen molar-refractivity contribution in [2.45, 2.75) is 6.42 Å². The molecule has 1 N–H and O–H groups in total. The molecule has 0 saturated heterocycles. The molecule has 0 unspecified atom stereocenters. The molecule has 0 saturated carbocycles. The van der Waals surface area contributed by atoms with Crippen molar-refractivity contribution in [3.8, 4) is 5.75 Å². The van der Waals surface area contributed by atoms with Gasteiger partial charge in [0.05, 0.1) is 6.61 Å². The Morgan fingerprint density at radius 3 is 2.74 bits per heavy atom. The number of rotatable bonds is 2. The highest BCUT2D eigenvalue weighted by Crippen LogP contribution is 2.26. The second-order valence-corrected chi connectivity index (χ2v) is 5.63. The van der Waals surface area contributed by atoms with Crippen LogP contribution in [0.2, 0.25) is 0 Å². The molecule has 2 aromatic carbocycles. The number of ether oxygens (including phenoxy) is 1. The Balaban J connectivity index is 1.78. The van der Waals surface area contributed by atoms with Crippen LogP contribution in [0.1, 0.15) is 15.9 Å². The molecule has 0 aliphatic carbocycles. The van der Waals surface area contributed by atoms with Gasteiger partial charge < -0.3 is 10.1 Å². The van der Waals surface area contributed by atoms with Crippen LogP contribution < -0.4 is 10.1 Å². The van der Waals surface area contributed by atoms with Crippen LogP contribution in [0.5, 0.6) is 5.75 Å². The summed E-state index contributed by atoms with van der Waals surface area (Å²) < 4.78 is 6.58. The maximum atomic E-state index is 12.1. The molecule has 1 aliphatic heterocycles. The molecule has 1 amide bonds. The van der Waals surface area contributed by atoms with E-state index in [1.54, 1.807) is 6.07 Å². The monoisotopic (exact) mass is 365 g/mol. The molecule has 0 spiro atoms. The van der Waals surface area contributed by atoms with Crippen LogP contribution in [-0.2, 0) is 6.42 Å². The third kappa shape index (κ3) is 2.73. The van der Waals surface area contributed by atoms with Crippen LogP contribution in [0, 0.1) is 3.57 Å². The van der Waals surface area contributed by atoms with Gasteiger partial charge in [0, 0.05) is 21.2 Å². The lowest BCUT2D eigenvalue weighted by Crippen LogP contribution is -2.11. The Bertz CT molecular complexity index is 623. The SMILES string of the molecule is O=C(Nc1ccc(I)cc1)c1ccc2c(c1)CCO2. The van der Waals surface area contributed by atoms with Crippen molar-refractivity contribution < 1.29 is 9.53 Å². The highest BCUT2D eigenvalue weighted by molar-refractivity contribution is 14.1. The molecule has 0 bridgehead atoms. The van der Waals surface area contributed by atoms with Crippen molar-refractivity contribution in [1.29, 1.82) is 0 Å². The summed E-state index contributed by atoms with van der Waals surface area (Å²) in [5.74, 6) is 0.807. The smallest absolute Gasteiger partial charge is 0.255 e. The van der Waals surface area contributed by atoms with E-state index in [-0.39, 0.29) is 5.91 Å². The first-order chi connectivity index (χ1) is 9.22. The van der Waals surface area contributed by atoms with Gasteiger partial charge in [-0.05, 0) is 70.6 Å². The van der Waals surface area contributed by atoms with E-state index in [4.69, 9.17) is 4.74 Å². The summed E-state index contributed by atoms with van der Waals surface area (Å²) in [6.07, 6.45) is 0.875. The van der Waals surface area contributed by atoms with E-state index >= 15 is 0 Å². The van der Waals surface area contributed by atoms with Crippen molar-refractivity contribution in [1.82, 2.24) is 0 Å². The zero-order valence-electron chi connectivity index (χ0n) is 10.2. The predicted octanol–water partition coefficient (Wildman–Crippen LogP) is 3.48. The van der Waals surface area contributed by atoms with Crippen LogP contribution in [0.4, 0.5) is 5.69 Å². The van der Waals surface area contributed by atoms with E-state index in [0.29, 0.717) is 12.2 Å². The summed E-state index contributed by atoms with van der Waals surface area (Å²) in [6, 6.07) is 13.3. The van der Waals surface area contributed by atoms with Gasteiger partial charge in [-0.25, -0.2) is 0 Å². The zero-order chi connectivity index (χ0) is 13.2. The molecular formula is C15H12INO2. The molecule has 0 fully saturated rings. The highest BCUT2D eigenvalue weighted by atomic mass is 127. The van der Waals surface area contributed by atoms with Crippen LogP contribution in [0.3, 0.4) is 0 Å². The zero-order valence-corrected chi connectivity index (χ0v) is 12.3. The third-order valence-corrected chi connectivity index (χ3v) is 3.77. The van der Waals surface area contributed by atoms with E-state index in [0.717, 1.165) is 27.0 Å². The molecular weight excluding hydrogens is 353 g/mol. The molecule has 1 heterocycles. The molecule has 0 aromatic heterocycles. The minimum atomic E-state index is -0.0871. The number of fused-ring (bicyclic) bond motifs is 1. The Morgan fingerprint density at radius 1 is 1.16 bits per heavy atom. The first-order valence-corrected chi connectivity index (χ1v) is 7.13. The Morgan fingerprint density at radius 2 is 1.95 bits per heavy atom. The molecule has 0 atom stereocenters. The van der Waals surface area contributed by atoms with Gasteiger partial charge >= 0.3 is 0 Å². The lowest BCUT2D eigenvalue weighted by molar-refractivity contribution is 0.102. The number of nitrogens with one attached hydrogen (secondary N) is 1. The van der Waals surface area contributed by atoms with E-state index in [2.05, 4.69) is 27.9 Å². The Labute approximate surface area is 125 Å². The summed E-state index contributed by atoms with van der Waals surface area (Å²) in [6.45, 7) is 0.706. The van der Waals surface area contributed by atoms with Crippen molar-refractivity contribution in [2.75, 3.05) is 11.9 Å². The topological polar surface area (TPSA) is 38.3 Å². The molecule has 3 nitrogen and oxygen atoms in total. The molecule has 19 heavy (non-hydrogen) atoms. The number of anilines is 1. The van der Waals surface area contributed by atoms with Gasteiger partial charge in [-0.15, -0.1) is 0 Å². The van der Waals surface area contributed by atoms with E-state index in [1.165, 1.54) is 0 Å². The Kier molecular flexibility index (Phi) is 3.42. The fourth-order valence-electron chi connectivity index (χ4n) is 2.06. The average Bonchev–Trinajstić information content (AvgIpc) is 2.88. The predicted molar refractivity (Wildman–Crippen MR) is 82.8 cm³/mol. The normalized spacial score (nSPS) is 12.7. The molecule has 3 rings (SSSR count). The maximum Gasteiger partial charge on any atom is 0.255 e. The number of amides is 1. The van der Waals surface area contributed by atoms with E-state index in [9.17, 15) is 4.79 Å². The lowest BCUT2D eigenvalue weighted by Gasteiger charge is -2.06. The fraction of sp³-hybridized carbons (Fsp3) is 0.133. The fourth-order valence-corrected chi connectivity index (χ4v) is 2.42. The average molecular weight is 365 g/mol. The number of benzene rings is 2. The van der Waals surface area contributed by atoms with Crippen LogP contribution >= 0.6 is 22.6 Å². The van der Waals surface area contributed by atoms with Crippen LogP contribution in [0.25, 0.3) is 0 Å². The number of carbonyl (C=O) groups excluding carboxylic acids is 1. The quantitative estimate of drug-likeness (QED) is 0.828. The van der Waals surface area contributed by atoms with E-state index in [1.807, 2.05) is 36.4 Å². The summed E-state index contributed by atoms with van der Waals surface area (Å²) in [4.78, 5) is 12.1.